The first kappa shape index (κ1) is 24.7. The van der Waals surface area contributed by atoms with Gasteiger partial charge in [0.2, 0.25) is 21.9 Å². The number of hydrogen-bond acceptors (Lipinski definition) is 4. The average molecular weight is 509 g/mol. The average Bonchev–Trinajstić information content (AvgIpc) is 3.27. The van der Waals surface area contributed by atoms with Crippen LogP contribution in [0.25, 0.3) is 16.9 Å². The standard InChI is InChI=1S/C26H25ClN4O3S/c1-19(2)31(35(33,34)23-15-13-21(27)14-16-23)18-25(32)29-26-28-24(20-9-5-3-6-10-20)17-30(26)22-11-7-4-8-12-22/h3-17,19H,18H2,1-2H3,(H,28,29,32). The molecule has 9 heteroatoms. The Balaban J connectivity index is 1.63. The summed E-state index contributed by atoms with van der Waals surface area (Å²) < 4.78 is 29.4. The molecule has 1 N–H and O–H groups in total. The molecule has 1 aromatic heterocycles. The van der Waals surface area contributed by atoms with E-state index in [-0.39, 0.29) is 11.4 Å². The lowest BCUT2D eigenvalue weighted by molar-refractivity contribution is -0.116. The van der Waals surface area contributed by atoms with Gasteiger partial charge in [-0.15, -0.1) is 0 Å². The first-order chi connectivity index (χ1) is 16.8. The summed E-state index contributed by atoms with van der Waals surface area (Å²) in [5, 5.41) is 3.23. The van der Waals surface area contributed by atoms with E-state index in [4.69, 9.17) is 11.6 Å². The highest BCUT2D eigenvalue weighted by molar-refractivity contribution is 7.89. The highest BCUT2D eigenvalue weighted by Gasteiger charge is 2.29. The number of sulfonamides is 1. The van der Waals surface area contributed by atoms with Gasteiger partial charge in [-0.25, -0.2) is 13.4 Å². The van der Waals surface area contributed by atoms with Gasteiger partial charge < -0.3 is 0 Å². The normalized spacial score (nSPS) is 11.7. The molecule has 0 radical (unpaired) electrons. The number of amides is 1. The Kier molecular flexibility index (Phi) is 7.35. The SMILES string of the molecule is CC(C)N(CC(=O)Nc1nc(-c2ccccc2)cn1-c1ccccc1)S(=O)(=O)c1ccc(Cl)cc1. The Morgan fingerprint density at radius 1 is 0.971 bits per heavy atom. The second kappa shape index (κ2) is 10.4. The highest BCUT2D eigenvalue weighted by atomic mass is 35.5. The van der Waals surface area contributed by atoms with Crippen molar-refractivity contribution < 1.29 is 13.2 Å². The molecule has 0 atom stereocenters. The van der Waals surface area contributed by atoms with E-state index in [1.54, 1.807) is 18.4 Å². The lowest BCUT2D eigenvalue weighted by Crippen LogP contribution is -2.42. The van der Waals surface area contributed by atoms with Crippen molar-refractivity contribution in [1.82, 2.24) is 13.9 Å². The van der Waals surface area contributed by atoms with E-state index >= 15 is 0 Å². The second-order valence-electron chi connectivity index (χ2n) is 8.17. The molecule has 35 heavy (non-hydrogen) atoms. The Morgan fingerprint density at radius 3 is 2.17 bits per heavy atom. The van der Waals surface area contributed by atoms with Crippen molar-refractivity contribution in [3.05, 3.63) is 96.1 Å². The minimum atomic E-state index is -3.92. The smallest absolute Gasteiger partial charge is 0.243 e. The number of benzene rings is 3. The summed E-state index contributed by atoms with van der Waals surface area (Å²) in [6, 6.07) is 24.5. The molecule has 0 aliphatic heterocycles. The van der Waals surface area contributed by atoms with Crippen LogP contribution in [-0.2, 0) is 14.8 Å². The minimum Gasteiger partial charge on any atom is -0.294 e. The van der Waals surface area contributed by atoms with Crippen LogP contribution in [0.5, 0.6) is 0 Å². The van der Waals surface area contributed by atoms with Gasteiger partial charge in [-0.3, -0.25) is 14.7 Å². The zero-order valence-corrected chi connectivity index (χ0v) is 20.9. The number of imidazole rings is 1. The Labute approximate surface area is 210 Å². The molecule has 0 unspecified atom stereocenters. The van der Waals surface area contributed by atoms with Crippen LogP contribution in [0, 0.1) is 0 Å². The number of carbonyl (C=O) groups is 1. The number of nitrogens with one attached hydrogen (secondary N) is 1. The number of hydrogen-bond donors (Lipinski definition) is 1. The second-order valence-corrected chi connectivity index (χ2v) is 10.5. The zero-order chi connectivity index (χ0) is 25.0. The Hall–Kier alpha value is -3.46. The van der Waals surface area contributed by atoms with Crippen molar-refractivity contribution in [3.8, 4) is 16.9 Å². The third kappa shape index (κ3) is 5.62. The molecular formula is C26H25ClN4O3S. The molecule has 1 amide bonds. The molecule has 7 nitrogen and oxygen atoms in total. The topological polar surface area (TPSA) is 84.3 Å². The quantitative estimate of drug-likeness (QED) is 0.353. The number of anilines is 1. The van der Waals surface area contributed by atoms with Crippen molar-refractivity contribution in [2.24, 2.45) is 0 Å². The summed E-state index contributed by atoms with van der Waals surface area (Å²) in [5.74, 6) is -0.203. The fraction of sp³-hybridized carbons (Fsp3) is 0.154. The van der Waals surface area contributed by atoms with Gasteiger partial charge in [-0.05, 0) is 50.2 Å². The summed E-state index contributed by atoms with van der Waals surface area (Å²) in [6.45, 7) is 3.07. The van der Waals surface area contributed by atoms with Crippen molar-refractivity contribution in [2.75, 3.05) is 11.9 Å². The van der Waals surface area contributed by atoms with E-state index in [1.807, 2.05) is 66.9 Å². The van der Waals surface area contributed by atoms with Crippen LogP contribution in [0.1, 0.15) is 13.8 Å². The lowest BCUT2D eigenvalue weighted by Gasteiger charge is -2.25. The summed E-state index contributed by atoms with van der Waals surface area (Å²) in [4.78, 5) is 17.8. The molecule has 0 bridgehead atoms. The number of nitrogens with zero attached hydrogens (tertiary/aromatic N) is 3. The molecule has 4 rings (SSSR count). The molecule has 1 heterocycles. The number of aromatic nitrogens is 2. The summed E-state index contributed by atoms with van der Waals surface area (Å²) in [5.41, 5.74) is 2.39. The predicted molar refractivity (Wildman–Crippen MR) is 138 cm³/mol. The highest BCUT2D eigenvalue weighted by Crippen LogP contribution is 2.25. The molecule has 0 saturated carbocycles. The molecule has 0 aliphatic carbocycles. The lowest BCUT2D eigenvalue weighted by atomic mass is 10.2. The van der Waals surface area contributed by atoms with E-state index in [2.05, 4.69) is 10.3 Å². The molecule has 0 spiro atoms. The van der Waals surface area contributed by atoms with E-state index in [9.17, 15) is 13.2 Å². The van der Waals surface area contributed by atoms with Gasteiger partial charge in [0.1, 0.15) is 0 Å². The van der Waals surface area contributed by atoms with Crippen LogP contribution in [0.2, 0.25) is 5.02 Å². The maximum atomic E-state index is 13.2. The molecule has 3 aromatic carbocycles. The van der Waals surface area contributed by atoms with Gasteiger partial charge in [0, 0.05) is 28.5 Å². The van der Waals surface area contributed by atoms with Crippen LogP contribution < -0.4 is 5.32 Å². The van der Waals surface area contributed by atoms with Crippen molar-refractivity contribution in [2.45, 2.75) is 24.8 Å². The third-order valence-corrected chi connectivity index (χ3v) is 7.64. The van der Waals surface area contributed by atoms with Gasteiger partial charge in [0.05, 0.1) is 17.1 Å². The van der Waals surface area contributed by atoms with Gasteiger partial charge in [-0.2, -0.15) is 4.31 Å². The monoisotopic (exact) mass is 508 g/mol. The number of para-hydroxylation sites is 1. The number of carbonyl (C=O) groups excluding carboxylic acids is 1. The molecule has 180 valence electrons. The molecule has 0 aliphatic rings. The summed E-state index contributed by atoms with van der Waals surface area (Å²) >= 11 is 5.91. The maximum Gasteiger partial charge on any atom is 0.243 e. The van der Waals surface area contributed by atoms with Crippen molar-refractivity contribution in [1.29, 1.82) is 0 Å². The van der Waals surface area contributed by atoms with Crippen LogP contribution in [0.4, 0.5) is 5.95 Å². The van der Waals surface area contributed by atoms with Gasteiger partial charge >= 0.3 is 0 Å². The first-order valence-electron chi connectivity index (χ1n) is 11.0. The maximum absolute atomic E-state index is 13.2. The van der Waals surface area contributed by atoms with E-state index in [0.717, 1.165) is 15.6 Å². The Bertz CT molecular complexity index is 1400. The van der Waals surface area contributed by atoms with E-state index in [0.29, 0.717) is 16.7 Å². The minimum absolute atomic E-state index is 0.0700. The fourth-order valence-corrected chi connectivity index (χ4v) is 5.31. The Morgan fingerprint density at radius 2 is 1.57 bits per heavy atom. The fourth-order valence-electron chi connectivity index (χ4n) is 3.59. The van der Waals surface area contributed by atoms with E-state index in [1.165, 1.54) is 24.3 Å². The predicted octanol–water partition coefficient (Wildman–Crippen LogP) is 5.23. The van der Waals surface area contributed by atoms with Crippen LogP contribution >= 0.6 is 11.6 Å². The number of halogens is 1. The molecule has 0 fully saturated rings. The molecule has 0 saturated heterocycles. The zero-order valence-electron chi connectivity index (χ0n) is 19.3. The molecule has 4 aromatic rings. The van der Waals surface area contributed by atoms with E-state index < -0.39 is 22.0 Å². The van der Waals surface area contributed by atoms with Gasteiger partial charge in [0.25, 0.3) is 0 Å². The third-order valence-electron chi connectivity index (χ3n) is 5.36. The van der Waals surface area contributed by atoms with Crippen LogP contribution in [-0.4, -0.2) is 40.8 Å². The number of rotatable bonds is 8. The molecular weight excluding hydrogens is 484 g/mol. The van der Waals surface area contributed by atoms with Gasteiger partial charge in [-0.1, -0.05) is 60.1 Å². The largest absolute Gasteiger partial charge is 0.294 e. The van der Waals surface area contributed by atoms with Crippen molar-refractivity contribution >= 4 is 33.5 Å². The summed E-state index contributed by atoms with van der Waals surface area (Å²) in [7, 11) is -3.92. The van der Waals surface area contributed by atoms with Crippen LogP contribution in [0.15, 0.2) is 96.0 Å². The first-order valence-corrected chi connectivity index (χ1v) is 12.8. The van der Waals surface area contributed by atoms with Gasteiger partial charge in [0.15, 0.2) is 0 Å². The summed E-state index contributed by atoms with van der Waals surface area (Å²) in [6.07, 6.45) is 1.84. The van der Waals surface area contributed by atoms with Crippen molar-refractivity contribution in [3.63, 3.8) is 0 Å². The van der Waals surface area contributed by atoms with Crippen LogP contribution in [0.3, 0.4) is 0 Å².